The average Bonchev–Trinajstić information content (AvgIpc) is 2.62. The zero-order valence-corrected chi connectivity index (χ0v) is 14.8. The highest BCUT2D eigenvalue weighted by molar-refractivity contribution is 5.70. The molecule has 1 aliphatic rings. The number of ether oxygens (including phenoxy) is 1. The maximum atomic E-state index is 11.4. The second-order valence-corrected chi connectivity index (χ2v) is 6.96. The van der Waals surface area contributed by atoms with Gasteiger partial charge in [0.25, 0.3) is 0 Å². The molecule has 1 aliphatic heterocycles. The Balaban J connectivity index is 1.79. The minimum absolute atomic E-state index is 0.279. The van der Waals surface area contributed by atoms with E-state index in [0.717, 1.165) is 35.4 Å². The molecule has 0 spiro atoms. The van der Waals surface area contributed by atoms with Gasteiger partial charge in [-0.05, 0) is 29.5 Å². The fourth-order valence-electron chi connectivity index (χ4n) is 3.70. The molecule has 1 saturated heterocycles. The Morgan fingerprint density at radius 1 is 1.16 bits per heavy atom. The van der Waals surface area contributed by atoms with Crippen molar-refractivity contribution in [1.82, 2.24) is 4.90 Å². The van der Waals surface area contributed by atoms with Crippen LogP contribution in [0.5, 0.6) is 5.75 Å². The topological polar surface area (TPSA) is 49.8 Å². The number of piperidine rings is 1. The first-order valence-electron chi connectivity index (χ1n) is 8.74. The highest BCUT2D eigenvalue weighted by Gasteiger charge is 2.29. The highest BCUT2D eigenvalue weighted by Crippen LogP contribution is 2.30. The lowest BCUT2D eigenvalue weighted by Crippen LogP contribution is -2.42. The summed E-state index contributed by atoms with van der Waals surface area (Å²) in [6.45, 7) is 4.36. The van der Waals surface area contributed by atoms with Crippen LogP contribution in [-0.2, 0) is 11.3 Å². The molecule has 0 saturated carbocycles. The highest BCUT2D eigenvalue weighted by atomic mass is 16.5. The number of hydrogen-bond donors (Lipinski definition) is 1. The molecule has 2 aromatic carbocycles. The Kier molecular flexibility index (Phi) is 5.39. The Hall–Kier alpha value is -2.33. The molecule has 2 unspecified atom stereocenters. The Morgan fingerprint density at radius 3 is 2.60 bits per heavy atom. The van der Waals surface area contributed by atoms with Crippen LogP contribution in [0, 0.1) is 11.8 Å². The first-order chi connectivity index (χ1) is 12.1. The molecule has 4 heteroatoms. The van der Waals surface area contributed by atoms with Crippen molar-refractivity contribution in [3.63, 3.8) is 0 Å². The zero-order valence-electron chi connectivity index (χ0n) is 14.8. The van der Waals surface area contributed by atoms with Crippen LogP contribution in [-0.4, -0.2) is 36.2 Å². The number of nitrogens with zero attached hydrogens (tertiary/aromatic N) is 1. The van der Waals surface area contributed by atoms with Gasteiger partial charge in [0.05, 0.1) is 13.0 Å². The van der Waals surface area contributed by atoms with Crippen LogP contribution in [0.4, 0.5) is 0 Å². The van der Waals surface area contributed by atoms with Crippen molar-refractivity contribution >= 4 is 5.97 Å². The summed E-state index contributed by atoms with van der Waals surface area (Å²) < 4.78 is 5.61. The first kappa shape index (κ1) is 17.5. The fourth-order valence-corrected chi connectivity index (χ4v) is 3.70. The molecular formula is C21H25NO3. The number of aliphatic carboxylic acids is 1. The monoisotopic (exact) mass is 339 g/mol. The Morgan fingerprint density at radius 2 is 1.92 bits per heavy atom. The van der Waals surface area contributed by atoms with E-state index in [0.29, 0.717) is 19.0 Å². The zero-order chi connectivity index (χ0) is 17.8. The molecule has 3 rings (SSSR count). The number of carboxylic acid groups (broad SMARTS) is 1. The molecule has 132 valence electrons. The van der Waals surface area contributed by atoms with Gasteiger partial charge in [0.2, 0.25) is 0 Å². The molecular weight excluding hydrogens is 314 g/mol. The van der Waals surface area contributed by atoms with E-state index in [-0.39, 0.29) is 5.92 Å². The summed E-state index contributed by atoms with van der Waals surface area (Å²) in [4.78, 5) is 13.6. The third kappa shape index (κ3) is 4.20. The van der Waals surface area contributed by atoms with Crippen LogP contribution in [0.2, 0.25) is 0 Å². The lowest BCUT2D eigenvalue weighted by molar-refractivity contribution is -0.144. The van der Waals surface area contributed by atoms with E-state index in [2.05, 4.69) is 42.2 Å². The van der Waals surface area contributed by atoms with Crippen molar-refractivity contribution < 1.29 is 14.6 Å². The van der Waals surface area contributed by atoms with Gasteiger partial charge in [0.1, 0.15) is 5.75 Å². The molecule has 2 atom stereocenters. The van der Waals surface area contributed by atoms with E-state index in [9.17, 15) is 9.90 Å². The van der Waals surface area contributed by atoms with Crippen LogP contribution in [0.25, 0.3) is 11.1 Å². The lowest BCUT2D eigenvalue weighted by Gasteiger charge is -2.34. The molecule has 4 nitrogen and oxygen atoms in total. The minimum Gasteiger partial charge on any atom is -0.496 e. The Bertz CT molecular complexity index is 729. The number of methoxy groups -OCH3 is 1. The number of hydrogen-bond acceptors (Lipinski definition) is 3. The van der Waals surface area contributed by atoms with Gasteiger partial charge in [-0.2, -0.15) is 0 Å². The number of benzene rings is 2. The van der Waals surface area contributed by atoms with E-state index < -0.39 is 5.97 Å². The second-order valence-electron chi connectivity index (χ2n) is 6.96. The van der Waals surface area contributed by atoms with Crippen LogP contribution >= 0.6 is 0 Å². The molecule has 1 heterocycles. The van der Waals surface area contributed by atoms with Crippen molar-refractivity contribution in [3.8, 4) is 16.9 Å². The van der Waals surface area contributed by atoms with Crippen LogP contribution < -0.4 is 4.74 Å². The van der Waals surface area contributed by atoms with E-state index in [1.165, 1.54) is 0 Å². The third-order valence-electron chi connectivity index (χ3n) is 4.87. The van der Waals surface area contributed by atoms with Gasteiger partial charge in [-0.1, -0.05) is 49.4 Å². The van der Waals surface area contributed by atoms with Gasteiger partial charge in [0.15, 0.2) is 0 Å². The van der Waals surface area contributed by atoms with Crippen molar-refractivity contribution in [2.75, 3.05) is 20.2 Å². The normalized spacial score (nSPS) is 21.0. The first-order valence-corrected chi connectivity index (χ1v) is 8.74. The van der Waals surface area contributed by atoms with Crippen LogP contribution in [0.15, 0.2) is 48.5 Å². The van der Waals surface area contributed by atoms with Gasteiger partial charge < -0.3 is 9.84 Å². The SMILES string of the molecule is COc1cc(-c2ccccc2)ccc1CN1CC(C)CC(C(=O)O)C1. The van der Waals surface area contributed by atoms with Gasteiger partial charge >= 0.3 is 5.97 Å². The van der Waals surface area contributed by atoms with Gasteiger partial charge in [-0.25, -0.2) is 0 Å². The van der Waals surface area contributed by atoms with E-state index in [4.69, 9.17) is 4.74 Å². The maximum absolute atomic E-state index is 11.4. The summed E-state index contributed by atoms with van der Waals surface area (Å²) in [5.74, 6) is 0.275. The fraction of sp³-hybridized carbons (Fsp3) is 0.381. The quantitative estimate of drug-likeness (QED) is 0.897. The summed E-state index contributed by atoms with van der Waals surface area (Å²) in [5, 5.41) is 9.35. The molecule has 0 radical (unpaired) electrons. The summed E-state index contributed by atoms with van der Waals surface area (Å²) in [7, 11) is 1.69. The van der Waals surface area contributed by atoms with E-state index in [1.54, 1.807) is 7.11 Å². The van der Waals surface area contributed by atoms with Crippen LogP contribution in [0.3, 0.4) is 0 Å². The third-order valence-corrected chi connectivity index (χ3v) is 4.87. The number of rotatable bonds is 5. The molecule has 0 aromatic heterocycles. The average molecular weight is 339 g/mol. The smallest absolute Gasteiger partial charge is 0.307 e. The Labute approximate surface area is 149 Å². The number of likely N-dealkylation sites (tertiary alicyclic amines) is 1. The van der Waals surface area contributed by atoms with Gasteiger partial charge in [0, 0.05) is 25.2 Å². The molecule has 0 amide bonds. The minimum atomic E-state index is -0.692. The van der Waals surface area contributed by atoms with Gasteiger partial charge in [-0.15, -0.1) is 0 Å². The molecule has 1 fully saturated rings. The summed E-state index contributed by atoms with van der Waals surface area (Å²) >= 11 is 0. The predicted octanol–water partition coefficient (Wildman–Crippen LogP) is 3.90. The van der Waals surface area contributed by atoms with E-state index >= 15 is 0 Å². The standard InChI is InChI=1S/C21H25NO3/c1-15-10-19(21(23)24)14-22(12-15)13-18-9-8-17(11-20(18)25-2)16-6-4-3-5-7-16/h3-9,11,15,19H,10,12-14H2,1-2H3,(H,23,24). The number of carboxylic acids is 1. The summed E-state index contributed by atoms with van der Waals surface area (Å²) in [6.07, 6.45) is 0.760. The van der Waals surface area contributed by atoms with Gasteiger partial charge in [-0.3, -0.25) is 9.69 Å². The van der Waals surface area contributed by atoms with Crippen molar-refractivity contribution in [1.29, 1.82) is 0 Å². The van der Waals surface area contributed by atoms with Crippen molar-refractivity contribution in [2.45, 2.75) is 19.9 Å². The van der Waals surface area contributed by atoms with Crippen molar-refractivity contribution in [3.05, 3.63) is 54.1 Å². The molecule has 0 bridgehead atoms. The molecule has 25 heavy (non-hydrogen) atoms. The summed E-state index contributed by atoms with van der Waals surface area (Å²) in [5.41, 5.74) is 3.38. The summed E-state index contributed by atoms with van der Waals surface area (Å²) in [6, 6.07) is 16.5. The largest absolute Gasteiger partial charge is 0.496 e. The second kappa shape index (κ2) is 7.70. The lowest BCUT2D eigenvalue weighted by atomic mass is 9.90. The number of carbonyl (C=O) groups is 1. The van der Waals surface area contributed by atoms with Crippen LogP contribution in [0.1, 0.15) is 18.9 Å². The molecule has 2 aromatic rings. The predicted molar refractivity (Wildman–Crippen MR) is 98.6 cm³/mol. The molecule has 1 N–H and O–H groups in total. The molecule has 0 aliphatic carbocycles. The van der Waals surface area contributed by atoms with E-state index in [1.807, 2.05) is 18.2 Å². The van der Waals surface area contributed by atoms with Crippen molar-refractivity contribution in [2.24, 2.45) is 11.8 Å². The maximum Gasteiger partial charge on any atom is 0.307 e.